The van der Waals surface area contributed by atoms with E-state index >= 15 is 0 Å². The number of rotatable bonds is 4. The van der Waals surface area contributed by atoms with Gasteiger partial charge in [0.1, 0.15) is 47.4 Å². The Bertz CT molecular complexity index is 1220. The molecule has 4 rings (SSSR count). The van der Waals surface area contributed by atoms with Gasteiger partial charge in [-0.1, -0.05) is 19.1 Å². The Kier molecular flexibility index (Phi) is 8.90. The van der Waals surface area contributed by atoms with Gasteiger partial charge in [0.05, 0.1) is 18.8 Å². The number of benzene rings is 3. The summed E-state index contributed by atoms with van der Waals surface area (Å²) >= 11 is 0. The summed E-state index contributed by atoms with van der Waals surface area (Å²) < 4.78 is 102. The molecule has 36 heavy (non-hydrogen) atoms. The molecular formula is C25H18F7NO3. The van der Waals surface area contributed by atoms with Crippen LogP contribution in [-0.4, -0.2) is 13.2 Å². The smallest absolute Gasteiger partial charge is 0.183 e. The summed E-state index contributed by atoms with van der Waals surface area (Å²) in [5, 5.41) is 8.20. The zero-order valence-corrected chi connectivity index (χ0v) is 18.6. The molecule has 0 atom stereocenters. The van der Waals surface area contributed by atoms with E-state index in [1.165, 1.54) is 18.2 Å². The molecule has 0 aromatic heterocycles. The minimum absolute atomic E-state index is 0.00496. The van der Waals surface area contributed by atoms with E-state index in [4.69, 9.17) is 14.7 Å². The second-order valence-electron chi connectivity index (χ2n) is 7.85. The van der Waals surface area contributed by atoms with Crippen LogP contribution in [0.1, 0.15) is 29.9 Å². The Hall–Kier alpha value is -3.62. The summed E-state index contributed by atoms with van der Waals surface area (Å²) in [5.74, 6) is -5.37. The molecule has 0 bridgehead atoms. The third-order valence-electron chi connectivity index (χ3n) is 5.13. The maximum absolute atomic E-state index is 14.4. The Labute approximate surface area is 201 Å². The number of nitriles is 1. The van der Waals surface area contributed by atoms with Crippen LogP contribution in [0.2, 0.25) is 0 Å². The zero-order valence-electron chi connectivity index (χ0n) is 18.6. The van der Waals surface area contributed by atoms with Crippen molar-refractivity contribution in [2.24, 2.45) is 5.92 Å². The first-order valence-electron chi connectivity index (χ1n) is 10.4. The van der Waals surface area contributed by atoms with Gasteiger partial charge in [-0.25, -0.2) is 26.3 Å². The Morgan fingerprint density at radius 2 is 1.47 bits per heavy atom. The molecule has 0 spiro atoms. The lowest BCUT2D eigenvalue weighted by atomic mass is 10.0. The van der Waals surface area contributed by atoms with E-state index in [1.54, 1.807) is 6.07 Å². The van der Waals surface area contributed by atoms with Gasteiger partial charge in [0.25, 0.3) is 0 Å². The minimum atomic E-state index is -1.26. The maximum atomic E-state index is 14.4. The van der Waals surface area contributed by atoms with Gasteiger partial charge in [0.2, 0.25) is 0 Å². The van der Waals surface area contributed by atoms with E-state index in [0.717, 1.165) is 12.1 Å². The normalized spacial score (nSPS) is 17.1. The number of alkyl halides is 1. The van der Waals surface area contributed by atoms with Gasteiger partial charge in [-0.3, -0.25) is 4.94 Å². The number of nitrogens with zero attached hydrogens (tertiary/aromatic N) is 1. The lowest BCUT2D eigenvalue weighted by molar-refractivity contribution is -0.202. The molecule has 0 unspecified atom stereocenters. The molecule has 4 nitrogen and oxygen atoms in total. The van der Waals surface area contributed by atoms with E-state index < -0.39 is 58.9 Å². The lowest BCUT2D eigenvalue weighted by Gasteiger charge is -2.27. The first-order valence-corrected chi connectivity index (χ1v) is 10.4. The Morgan fingerprint density at radius 3 is 1.94 bits per heavy atom. The summed E-state index contributed by atoms with van der Waals surface area (Å²) in [6, 6.07) is 8.50. The largest absolute Gasteiger partial charge is 0.348 e. The van der Waals surface area contributed by atoms with Gasteiger partial charge >= 0.3 is 0 Å². The third-order valence-corrected chi connectivity index (χ3v) is 5.13. The molecular weight excluding hydrogens is 495 g/mol. The topological polar surface area (TPSA) is 51.5 Å². The predicted molar refractivity (Wildman–Crippen MR) is 113 cm³/mol. The minimum Gasteiger partial charge on any atom is -0.348 e. The van der Waals surface area contributed by atoms with Crippen LogP contribution < -0.4 is 4.94 Å². The standard InChI is InChI=1S/C18H16F4O2.C7H2F3NO/c1-10-8-23-18(24-9-10)11-2-3-13(15(20)4-11)12-5-16(21)14(7-19)17(22)6-12;8-6-1-4(12-10)2-7(9)5(6)3-11/h2-6,10,18H,7-9H2,1H3;1-2H. The molecule has 1 saturated heterocycles. The van der Waals surface area contributed by atoms with E-state index in [9.17, 15) is 30.9 Å². The van der Waals surface area contributed by atoms with Gasteiger partial charge in [-0.2, -0.15) is 5.26 Å². The average Bonchev–Trinajstić information content (AvgIpc) is 2.84. The quantitative estimate of drug-likeness (QED) is 0.352. The van der Waals surface area contributed by atoms with Gasteiger partial charge < -0.3 is 9.47 Å². The van der Waals surface area contributed by atoms with Crippen molar-refractivity contribution >= 4 is 0 Å². The predicted octanol–water partition coefficient (Wildman–Crippen LogP) is 7.02. The molecule has 0 amide bonds. The summed E-state index contributed by atoms with van der Waals surface area (Å²) in [6.45, 7) is 1.74. The fourth-order valence-corrected chi connectivity index (χ4v) is 3.29. The summed E-state index contributed by atoms with van der Waals surface area (Å²) in [5.41, 5.74) is -0.898. The molecule has 1 aliphatic heterocycles. The van der Waals surface area contributed by atoms with Crippen molar-refractivity contribution in [1.82, 2.24) is 0 Å². The zero-order chi connectivity index (χ0) is 26.4. The fraction of sp³-hybridized carbons (Fsp3) is 0.240. The average molecular weight is 513 g/mol. The highest BCUT2D eigenvalue weighted by Gasteiger charge is 2.22. The lowest BCUT2D eigenvalue weighted by Crippen LogP contribution is -2.25. The third kappa shape index (κ3) is 6.13. The molecule has 0 aliphatic carbocycles. The van der Waals surface area contributed by atoms with Gasteiger partial charge in [-0.15, -0.1) is 0 Å². The molecule has 3 aromatic rings. The van der Waals surface area contributed by atoms with Crippen molar-refractivity contribution in [3.05, 3.63) is 88.2 Å². The molecule has 1 fully saturated rings. The molecule has 3 aromatic carbocycles. The van der Waals surface area contributed by atoms with Gasteiger partial charge in [0.15, 0.2) is 12.0 Å². The summed E-state index contributed by atoms with van der Waals surface area (Å²) in [4.78, 5) is 3.09. The number of halogens is 7. The SMILES string of the molecule is CC1COC(c2ccc(-c3cc(F)c(CF)c(F)c3)c(F)c2)OC1.N#Cc1c(F)cc(OF)cc1F. The second-order valence-corrected chi connectivity index (χ2v) is 7.85. The second kappa shape index (κ2) is 11.9. The fourth-order valence-electron chi connectivity index (χ4n) is 3.29. The van der Waals surface area contributed by atoms with Crippen LogP contribution in [0.5, 0.6) is 5.75 Å². The van der Waals surface area contributed by atoms with E-state index in [2.05, 4.69) is 4.94 Å². The van der Waals surface area contributed by atoms with Crippen molar-refractivity contribution in [3.8, 4) is 22.9 Å². The Morgan fingerprint density at radius 1 is 0.889 bits per heavy atom. The highest BCUT2D eigenvalue weighted by atomic mass is 19.3. The molecule has 11 heteroatoms. The summed E-state index contributed by atoms with van der Waals surface area (Å²) in [7, 11) is 0. The van der Waals surface area contributed by atoms with Crippen LogP contribution in [0.3, 0.4) is 0 Å². The molecule has 1 heterocycles. The van der Waals surface area contributed by atoms with E-state index in [0.29, 0.717) is 30.9 Å². The summed E-state index contributed by atoms with van der Waals surface area (Å²) in [6.07, 6.45) is -0.660. The van der Waals surface area contributed by atoms with Gasteiger partial charge in [0, 0.05) is 33.7 Å². The first kappa shape index (κ1) is 27.0. The van der Waals surface area contributed by atoms with Crippen molar-refractivity contribution in [3.63, 3.8) is 0 Å². The molecule has 190 valence electrons. The molecule has 0 radical (unpaired) electrons. The van der Waals surface area contributed by atoms with Crippen molar-refractivity contribution in [2.75, 3.05) is 13.2 Å². The molecule has 1 aliphatic rings. The monoisotopic (exact) mass is 513 g/mol. The number of hydrogen-bond donors (Lipinski definition) is 0. The van der Waals surface area contributed by atoms with Crippen LogP contribution in [0, 0.1) is 46.3 Å². The van der Waals surface area contributed by atoms with E-state index in [-0.39, 0.29) is 17.0 Å². The van der Waals surface area contributed by atoms with Crippen molar-refractivity contribution in [1.29, 1.82) is 5.26 Å². The van der Waals surface area contributed by atoms with Crippen LogP contribution in [-0.2, 0) is 16.1 Å². The van der Waals surface area contributed by atoms with Crippen molar-refractivity contribution in [2.45, 2.75) is 19.9 Å². The number of hydrogen-bond acceptors (Lipinski definition) is 4. The highest BCUT2D eigenvalue weighted by Crippen LogP contribution is 2.31. The van der Waals surface area contributed by atoms with Gasteiger partial charge in [-0.05, 0) is 23.8 Å². The van der Waals surface area contributed by atoms with Crippen molar-refractivity contribution < 1.29 is 45.3 Å². The Balaban J connectivity index is 0.000000253. The van der Waals surface area contributed by atoms with E-state index in [1.807, 2.05) is 6.92 Å². The molecule has 0 N–H and O–H groups in total. The van der Waals surface area contributed by atoms with Crippen LogP contribution in [0.15, 0.2) is 42.5 Å². The van der Waals surface area contributed by atoms with Crippen LogP contribution in [0.4, 0.5) is 30.9 Å². The molecule has 0 saturated carbocycles. The van der Waals surface area contributed by atoms with Crippen LogP contribution >= 0.6 is 0 Å². The first-order chi connectivity index (χ1) is 17.2. The number of ether oxygens (including phenoxy) is 2. The highest BCUT2D eigenvalue weighted by molar-refractivity contribution is 5.65. The van der Waals surface area contributed by atoms with Crippen LogP contribution in [0.25, 0.3) is 11.1 Å². The maximum Gasteiger partial charge on any atom is 0.183 e.